The molecule has 0 radical (unpaired) electrons. The van der Waals surface area contributed by atoms with Gasteiger partial charge in [0.1, 0.15) is 0 Å². The van der Waals surface area contributed by atoms with Crippen LogP contribution in [-0.2, 0) is 10.2 Å². The molecule has 0 unspecified atom stereocenters. The predicted molar refractivity (Wildman–Crippen MR) is 65.4 cm³/mol. The Kier molecular flexibility index (Phi) is 7.91. The zero-order valence-electron chi connectivity index (χ0n) is 10.5. The topological polar surface area (TPSA) is 60.9 Å². The summed E-state index contributed by atoms with van der Waals surface area (Å²) in [5, 5.41) is 8.72. The van der Waals surface area contributed by atoms with Crippen LogP contribution < -0.4 is 0 Å². The van der Waals surface area contributed by atoms with E-state index in [1.54, 1.807) is 7.05 Å². The smallest absolute Gasteiger partial charge is 0.281 e. The Labute approximate surface area is 99.2 Å². The van der Waals surface area contributed by atoms with E-state index in [1.165, 1.54) is 8.61 Å². The Hall–Kier alpha value is -0.170. The van der Waals surface area contributed by atoms with Crippen molar-refractivity contribution in [2.24, 2.45) is 0 Å². The molecule has 0 amide bonds. The third-order valence-corrected chi connectivity index (χ3v) is 4.53. The van der Waals surface area contributed by atoms with Gasteiger partial charge in [-0.25, -0.2) is 0 Å². The predicted octanol–water partition coefficient (Wildman–Crippen LogP) is 0.667. The van der Waals surface area contributed by atoms with Crippen LogP contribution in [-0.4, -0.2) is 55.4 Å². The standard InChI is InChI=1S/C10H24N2O3S/c1-4-6-8-11(3)16(14,15)12(5-2)9-7-10-13/h13H,4-10H2,1-3H3. The van der Waals surface area contributed by atoms with Crippen LogP contribution in [0.3, 0.4) is 0 Å². The first-order chi connectivity index (χ1) is 7.50. The first-order valence-electron chi connectivity index (χ1n) is 5.82. The van der Waals surface area contributed by atoms with E-state index < -0.39 is 10.2 Å². The minimum atomic E-state index is -3.34. The zero-order chi connectivity index (χ0) is 12.6. The molecule has 0 aromatic heterocycles. The Balaban J connectivity index is 4.46. The number of unbranched alkanes of at least 4 members (excludes halogenated alkanes) is 1. The summed E-state index contributed by atoms with van der Waals surface area (Å²) in [5.74, 6) is 0. The largest absolute Gasteiger partial charge is 0.396 e. The molecule has 6 heteroatoms. The first kappa shape index (κ1) is 15.8. The Morgan fingerprint density at radius 2 is 1.75 bits per heavy atom. The van der Waals surface area contributed by atoms with Crippen LogP contribution in [0.25, 0.3) is 0 Å². The van der Waals surface area contributed by atoms with Crippen molar-refractivity contribution in [3.05, 3.63) is 0 Å². The minimum Gasteiger partial charge on any atom is -0.396 e. The summed E-state index contributed by atoms with van der Waals surface area (Å²) in [6, 6.07) is 0. The number of nitrogens with zero attached hydrogens (tertiary/aromatic N) is 2. The molecule has 0 aliphatic heterocycles. The lowest BCUT2D eigenvalue weighted by Crippen LogP contribution is -2.42. The minimum absolute atomic E-state index is 0.0185. The van der Waals surface area contributed by atoms with Crippen LogP contribution in [0.15, 0.2) is 0 Å². The van der Waals surface area contributed by atoms with E-state index in [2.05, 4.69) is 0 Å². The fourth-order valence-corrected chi connectivity index (χ4v) is 2.82. The van der Waals surface area contributed by atoms with Crippen LogP contribution in [0.4, 0.5) is 0 Å². The van der Waals surface area contributed by atoms with Gasteiger partial charge in [0.15, 0.2) is 0 Å². The van der Waals surface area contributed by atoms with Gasteiger partial charge in [-0.1, -0.05) is 20.3 Å². The molecule has 0 atom stereocenters. The van der Waals surface area contributed by atoms with Crippen molar-refractivity contribution in [2.45, 2.75) is 33.1 Å². The SMILES string of the molecule is CCCCN(C)S(=O)(=O)N(CC)CCCO. The molecule has 0 aliphatic carbocycles. The molecule has 0 rings (SSSR count). The first-order valence-corrected chi connectivity index (χ1v) is 7.22. The molecule has 1 N–H and O–H groups in total. The maximum Gasteiger partial charge on any atom is 0.281 e. The molecule has 16 heavy (non-hydrogen) atoms. The van der Waals surface area contributed by atoms with E-state index in [9.17, 15) is 8.42 Å². The molecule has 0 saturated carbocycles. The van der Waals surface area contributed by atoms with Crippen LogP contribution in [0, 0.1) is 0 Å². The van der Waals surface area contributed by atoms with Crippen LogP contribution in [0.2, 0.25) is 0 Å². The van der Waals surface area contributed by atoms with Gasteiger partial charge in [-0.15, -0.1) is 0 Å². The lowest BCUT2D eigenvalue weighted by molar-refractivity contribution is 0.266. The number of rotatable bonds is 9. The van der Waals surface area contributed by atoms with Crippen molar-refractivity contribution < 1.29 is 13.5 Å². The van der Waals surface area contributed by atoms with Crippen molar-refractivity contribution in [3.8, 4) is 0 Å². The van der Waals surface area contributed by atoms with Gasteiger partial charge >= 0.3 is 0 Å². The molecule has 0 aromatic rings. The average molecular weight is 252 g/mol. The number of hydrogen-bond donors (Lipinski definition) is 1. The molecular weight excluding hydrogens is 228 g/mol. The summed E-state index contributed by atoms with van der Waals surface area (Å²) in [6.45, 7) is 5.23. The van der Waals surface area contributed by atoms with Gasteiger partial charge in [0.2, 0.25) is 0 Å². The van der Waals surface area contributed by atoms with Gasteiger partial charge in [-0.3, -0.25) is 0 Å². The summed E-state index contributed by atoms with van der Waals surface area (Å²) >= 11 is 0. The van der Waals surface area contributed by atoms with E-state index in [1.807, 2.05) is 13.8 Å². The third-order valence-electron chi connectivity index (χ3n) is 2.47. The lowest BCUT2D eigenvalue weighted by atomic mass is 10.3. The molecule has 0 fully saturated rings. The van der Waals surface area contributed by atoms with Crippen LogP contribution in [0.5, 0.6) is 0 Å². The second kappa shape index (κ2) is 8.00. The molecular formula is C10H24N2O3S. The van der Waals surface area contributed by atoms with Gasteiger partial charge in [0.05, 0.1) is 0 Å². The average Bonchev–Trinajstić information content (AvgIpc) is 2.26. The molecule has 0 bridgehead atoms. The molecule has 0 saturated heterocycles. The molecule has 0 aliphatic rings. The molecule has 0 heterocycles. The molecule has 98 valence electrons. The summed E-state index contributed by atoms with van der Waals surface area (Å²) in [7, 11) is -1.74. The highest BCUT2D eigenvalue weighted by Crippen LogP contribution is 2.08. The molecule has 5 nitrogen and oxygen atoms in total. The highest BCUT2D eigenvalue weighted by molar-refractivity contribution is 7.86. The number of hydrogen-bond acceptors (Lipinski definition) is 3. The van der Waals surface area contributed by atoms with Crippen molar-refractivity contribution in [2.75, 3.05) is 33.3 Å². The fraction of sp³-hybridized carbons (Fsp3) is 1.00. The highest BCUT2D eigenvalue weighted by atomic mass is 32.2. The number of aliphatic hydroxyl groups is 1. The summed E-state index contributed by atoms with van der Waals surface area (Å²) in [5.41, 5.74) is 0. The maximum atomic E-state index is 12.0. The van der Waals surface area contributed by atoms with E-state index in [0.29, 0.717) is 26.1 Å². The Bertz CT molecular complexity index is 267. The third kappa shape index (κ3) is 4.78. The van der Waals surface area contributed by atoms with Gasteiger partial charge in [0.25, 0.3) is 10.2 Å². The van der Waals surface area contributed by atoms with Crippen molar-refractivity contribution in [1.29, 1.82) is 0 Å². The van der Waals surface area contributed by atoms with Gasteiger partial charge in [-0.05, 0) is 12.8 Å². The normalized spacial score (nSPS) is 12.6. The Morgan fingerprint density at radius 3 is 2.19 bits per heavy atom. The lowest BCUT2D eigenvalue weighted by Gasteiger charge is -2.26. The van der Waals surface area contributed by atoms with E-state index in [0.717, 1.165) is 12.8 Å². The summed E-state index contributed by atoms with van der Waals surface area (Å²) in [6.07, 6.45) is 2.32. The van der Waals surface area contributed by atoms with Gasteiger partial charge < -0.3 is 5.11 Å². The Morgan fingerprint density at radius 1 is 1.12 bits per heavy atom. The molecule has 0 aromatic carbocycles. The van der Waals surface area contributed by atoms with E-state index >= 15 is 0 Å². The van der Waals surface area contributed by atoms with Gasteiger partial charge in [0, 0.05) is 33.3 Å². The maximum absolute atomic E-state index is 12.0. The summed E-state index contributed by atoms with van der Waals surface area (Å²) in [4.78, 5) is 0. The summed E-state index contributed by atoms with van der Waals surface area (Å²) < 4.78 is 26.9. The number of aliphatic hydroxyl groups excluding tert-OH is 1. The fourth-order valence-electron chi connectivity index (χ4n) is 1.38. The second-order valence-corrected chi connectivity index (χ2v) is 5.79. The van der Waals surface area contributed by atoms with Gasteiger partial charge in [-0.2, -0.15) is 17.0 Å². The van der Waals surface area contributed by atoms with Crippen molar-refractivity contribution >= 4 is 10.2 Å². The van der Waals surface area contributed by atoms with Crippen molar-refractivity contribution in [1.82, 2.24) is 8.61 Å². The molecule has 0 spiro atoms. The highest BCUT2D eigenvalue weighted by Gasteiger charge is 2.24. The van der Waals surface area contributed by atoms with Crippen molar-refractivity contribution in [3.63, 3.8) is 0 Å². The quantitative estimate of drug-likeness (QED) is 0.656. The van der Waals surface area contributed by atoms with E-state index in [4.69, 9.17) is 5.11 Å². The van der Waals surface area contributed by atoms with E-state index in [-0.39, 0.29) is 6.61 Å². The second-order valence-electron chi connectivity index (χ2n) is 3.75. The van der Waals surface area contributed by atoms with Crippen LogP contribution >= 0.6 is 0 Å². The zero-order valence-corrected chi connectivity index (χ0v) is 11.3. The van der Waals surface area contributed by atoms with Crippen LogP contribution in [0.1, 0.15) is 33.1 Å². The monoisotopic (exact) mass is 252 g/mol.